The summed E-state index contributed by atoms with van der Waals surface area (Å²) in [6.07, 6.45) is 7.51. The molecule has 3 atom stereocenters. The summed E-state index contributed by atoms with van der Waals surface area (Å²) in [6, 6.07) is 11.2. The van der Waals surface area contributed by atoms with E-state index in [-0.39, 0.29) is 0 Å². The molecule has 0 spiro atoms. The predicted molar refractivity (Wildman–Crippen MR) is 88.5 cm³/mol. The van der Waals surface area contributed by atoms with E-state index in [2.05, 4.69) is 56.5 Å². The van der Waals surface area contributed by atoms with Crippen molar-refractivity contribution in [2.45, 2.75) is 71.3 Å². The maximum Gasteiger partial charge on any atom is 0.0281 e. The zero-order valence-corrected chi connectivity index (χ0v) is 13.4. The Hall–Kier alpha value is -0.860. The van der Waals surface area contributed by atoms with Gasteiger partial charge in [0.15, 0.2) is 0 Å². The molecule has 0 amide bonds. The number of nitrogens with two attached hydrogens (primary N) is 1. The largest absolute Gasteiger partial charge is 0.271 e. The Bertz CT molecular complexity index is 337. The van der Waals surface area contributed by atoms with E-state index in [9.17, 15) is 0 Å². The fraction of sp³-hybridized carbons (Fsp3) is 0.667. The number of unbranched alkanes of at least 4 members (excludes halogenated alkanes) is 1. The molecular formula is C18H32N2. The molecular weight excluding hydrogens is 244 g/mol. The molecule has 114 valence electrons. The van der Waals surface area contributed by atoms with E-state index in [0.29, 0.717) is 12.0 Å². The van der Waals surface area contributed by atoms with E-state index in [1.54, 1.807) is 0 Å². The molecule has 2 heteroatoms. The Balaban J connectivity index is 2.71. The highest BCUT2D eigenvalue weighted by Crippen LogP contribution is 2.29. The fourth-order valence-electron chi connectivity index (χ4n) is 3.14. The van der Waals surface area contributed by atoms with Crippen LogP contribution in [0.2, 0.25) is 0 Å². The summed E-state index contributed by atoms with van der Waals surface area (Å²) in [6.45, 7) is 6.83. The van der Waals surface area contributed by atoms with E-state index in [1.807, 2.05) is 0 Å². The lowest BCUT2D eigenvalue weighted by atomic mass is 9.82. The van der Waals surface area contributed by atoms with Gasteiger partial charge in [-0.3, -0.25) is 11.3 Å². The molecule has 1 rings (SSSR count). The van der Waals surface area contributed by atoms with Crippen LogP contribution in [0.15, 0.2) is 30.3 Å². The standard InChI is InChI=1S/C18H32N2/c1-4-7-11-15(5-2)14-18(20-19)17(6-3)16-12-9-8-10-13-16/h8-10,12-13,15,17-18,20H,4-7,11,14,19H2,1-3H3. The van der Waals surface area contributed by atoms with Crippen molar-refractivity contribution in [3.8, 4) is 0 Å². The average molecular weight is 276 g/mol. The van der Waals surface area contributed by atoms with Gasteiger partial charge in [-0.15, -0.1) is 0 Å². The molecule has 0 aliphatic rings. The minimum absolute atomic E-state index is 0.379. The second-order valence-electron chi connectivity index (χ2n) is 5.85. The minimum Gasteiger partial charge on any atom is -0.271 e. The molecule has 0 aliphatic heterocycles. The van der Waals surface area contributed by atoms with Crippen molar-refractivity contribution in [2.24, 2.45) is 11.8 Å². The molecule has 0 heterocycles. The van der Waals surface area contributed by atoms with E-state index in [0.717, 1.165) is 12.3 Å². The van der Waals surface area contributed by atoms with Crippen LogP contribution in [0, 0.1) is 5.92 Å². The van der Waals surface area contributed by atoms with Crippen LogP contribution in [0.25, 0.3) is 0 Å². The number of benzene rings is 1. The van der Waals surface area contributed by atoms with Crippen molar-refractivity contribution in [3.63, 3.8) is 0 Å². The molecule has 0 aliphatic carbocycles. The van der Waals surface area contributed by atoms with Gasteiger partial charge in [-0.1, -0.05) is 76.8 Å². The van der Waals surface area contributed by atoms with Gasteiger partial charge in [-0.05, 0) is 24.3 Å². The van der Waals surface area contributed by atoms with E-state index in [4.69, 9.17) is 5.84 Å². The zero-order chi connectivity index (χ0) is 14.8. The van der Waals surface area contributed by atoms with Crippen molar-refractivity contribution in [2.75, 3.05) is 0 Å². The van der Waals surface area contributed by atoms with Gasteiger partial charge in [0, 0.05) is 12.0 Å². The molecule has 0 aromatic heterocycles. The first-order chi connectivity index (χ1) is 9.76. The molecule has 3 unspecified atom stereocenters. The van der Waals surface area contributed by atoms with Gasteiger partial charge in [0.1, 0.15) is 0 Å². The predicted octanol–water partition coefficient (Wildman–Crippen LogP) is 4.62. The molecule has 1 aromatic rings. The molecule has 3 N–H and O–H groups in total. The minimum atomic E-state index is 0.379. The number of nitrogens with one attached hydrogen (secondary N) is 1. The molecule has 1 aromatic carbocycles. The number of rotatable bonds is 10. The second kappa shape index (κ2) is 9.95. The van der Waals surface area contributed by atoms with Crippen LogP contribution in [0.4, 0.5) is 0 Å². The third-order valence-corrected chi connectivity index (χ3v) is 4.50. The van der Waals surface area contributed by atoms with Gasteiger partial charge in [-0.25, -0.2) is 0 Å². The lowest BCUT2D eigenvalue weighted by molar-refractivity contribution is 0.314. The van der Waals surface area contributed by atoms with Crippen LogP contribution in [0.1, 0.15) is 70.8 Å². The van der Waals surface area contributed by atoms with Crippen molar-refractivity contribution in [1.29, 1.82) is 0 Å². The summed E-state index contributed by atoms with van der Waals surface area (Å²) < 4.78 is 0. The lowest BCUT2D eigenvalue weighted by Gasteiger charge is -2.29. The highest BCUT2D eigenvalue weighted by Gasteiger charge is 2.23. The Morgan fingerprint density at radius 1 is 1.05 bits per heavy atom. The van der Waals surface area contributed by atoms with Crippen molar-refractivity contribution < 1.29 is 0 Å². The van der Waals surface area contributed by atoms with Crippen molar-refractivity contribution in [3.05, 3.63) is 35.9 Å². The Morgan fingerprint density at radius 3 is 2.25 bits per heavy atom. The Morgan fingerprint density at radius 2 is 1.75 bits per heavy atom. The van der Waals surface area contributed by atoms with Crippen LogP contribution in [0.5, 0.6) is 0 Å². The smallest absolute Gasteiger partial charge is 0.0281 e. The summed E-state index contributed by atoms with van der Waals surface area (Å²) >= 11 is 0. The van der Waals surface area contributed by atoms with Crippen LogP contribution < -0.4 is 11.3 Å². The lowest BCUT2D eigenvalue weighted by Crippen LogP contribution is -2.41. The highest BCUT2D eigenvalue weighted by atomic mass is 15.2. The SMILES string of the molecule is CCCCC(CC)CC(NN)C(CC)c1ccccc1. The maximum absolute atomic E-state index is 5.87. The summed E-state index contributed by atoms with van der Waals surface area (Å²) in [5, 5.41) is 0. The first kappa shape index (κ1) is 17.2. The Labute approximate surface area is 125 Å². The van der Waals surface area contributed by atoms with Crippen LogP contribution in [-0.2, 0) is 0 Å². The average Bonchev–Trinajstić information content (AvgIpc) is 2.51. The second-order valence-corrected chi connectivity index (χ2v) is 5.85. The molecule has 2 nitrogen and oxygen atoms in total. The number of hydrogen-bond acceptors (Lipinski definition) is 2. The third-order valence-electron chi connectivity index (χ3n) is 4.50. The van der Waals surface area contributed by atoms with Gasteiger partial charge in [0.05, 0.1) is 0 Å². The Kier molecular flexibility index (Phi) is 8.56. The van der Waals surface area contributed by atoms with Crippen molar-refractivity contribution in [1.82, 2.24) is 5.43 Å². The number of hydrogen-bond donors (Lipinski definition) is 2. The number of hydrazine groups is 1. The monoisotopic (exact) mass is 276 g/mol. The van der Waals surface area contributed by atoms with E-state index >= 15 is 0 Å². The third kappa shape index (κ3) is 5.26. The van der Waals surface area contributed by atoms with Gasteiger partial charge < -0.3 is 0 Å². The molecule has 20 heavy (non-hydrogen) atoms. The quantitative estimate of drug-likeness (QED) is 0.483. The van der Waals surface area contributed by atoms with Crippen LogP contribution in [-0.4, -0.2) is 6.04 Å². The molecule has 0 bridgehead atoms. The summed E-state index contributed by atoms with van der Waals surface area (Å²) in [5.74, 6) is 7.17. The van der Waals surface area contributed by atoms with Gasteiger partial charge >= 0.3 is 0 Å². The molecule has 0 saturated heterocycles. The summed E-state index contributed by atoms with van der Waals surface area (Å²) in [5.41, 5.74) is 4.50. The van der Waals surface area contributed by atoms with Gasteiger partial charge in [0.25, 0.3) is 0 Å². The van der Waals surface area contributed by atoms with Crippen LogP contribution >= 0.6 is 0 Å². The normalized spacial score (nSPS) is 15.8. The fourth-order valence-corrected chi connectivity index (χ4v) is 3.14. The summed E-state index contributed by atoms with van der Waals surface area (Å²) in [4.78, 5) is 0. The van der Waals surface area contributed by atoms with Gasteiger partial charge in [-0.2, -0.15) is 0 Å². The maximum atomic E-state index is 5.87. The highest BCUT2D eigenvalue weighted by molar-refractivity contribution is 5.21. The topological polar surface area (TPSA) is 38.0 Å². The van der Waals surface area contributed by atoms with Crippen LogP contribution in [0.3, 0.4) is 0 Å². The zero-order valence-electron chi connectivity index (χ0n) is 13.4. The first-order valence-corrected chi connectivity index (χ1v) is 8.27. The van der Waals surface area contributed by atoms with Gasteiger partial charge in [0.2, 0.25) is 0 Å². The van der Waals surface area contributed by atoms with E-state index < -0.39 is 0 Å². The summed E-state index contributed by atoms with van der Waals surface area (Å²) in [7, 11) is 0. The molecule has 0 fully saturated rings. The molecule has 0 radical (unpaired) electrons. The first-order valence-electron chi connectivity index (χ1n) is 8.27. The van der Waals surface area contributed by atoms with E-state index in [1.165, 1.54) is 37.7 Å². The molecule has 0 saturated carbocycles. The van der Waals surface area contributed by atoms with Crippen molar-refractivity contribution >= 4 is 0 Å².